The Kier molecular flexibility index (Phi) is 14.1. The number of aromatic nitrogens is 6. The highest BCUT2D eigenvalue weighted by molar-refractivity contribution is 5.80. The van der Waals surface area contributed by atoms with Crippen LogP contribution in [0.25, 0.3) is 0 Å². The summed E-state index contributed by atoms with van der Waals surface area (Å²) in [4.78, 5) is 33.4. The van der Waals surface area contributed by atoms with Crippen LogP contribution in [-0.4, -0.2) is 151 Å². The molecule has 46 heavy (non-hydrogen) atoms. The van der Waals surface area contributed by atoms with Crippen LogP contribution in [0.5, 0.6) is 0 Å². The lowest BCUT2D eigenvalue weighted by molar-refractivity contribution is -0.136. The molecule has 2 aliphatic heterocycles. The van der Waals surface area contributed by atoms with Gasteiger partial charge in [-0.3, -0.25) is 4.79 Å². The Morgan fingerprint density at radius 2 is 1.63 bits per heavy atom. The van der Waals surface area contributed by atoms with Gasteiger partial charge >= 0.3 is 0 Å². The number of hydrogen-bond donors (Lipinski definition) is 3. The fourth-order valence-corrected chi connectivity index (χ4v) is 4.83. The first-order valence-electron chi connectivity index (χ1n) is 15.7. The zero-order chi connectivity index (χ0) is 32.7. The Morgan fingerprint density at radius 1 is 1.00 bits per heavy atom. The first-order chi connectivity index (χ1) is 22.4. The van der Waals surface area contributed by atoms with E-state index in [0.717, 1.165) is 0 Å². The van der Waals surface area contributed by atoms with Crippen molar-refractivity contribution in [2.24, 2.45) is 11.7 Å². The molecule has 0 radical (unpaired) electrons. The number of carbonyl (C=O) groups is 1. The van der Waals surface area contributed by atoms with Crippen molar-refractivity contribution in [2.45, 2.75) is 25.9 Å². The number of piperazine rings is 1. The fraction of sp³-hybridized carbons (Fsp3) is 0.724. The monoisotopic (exact) mass is 645 g/mol. The van der Waals surface area contributed by atoms with Crippen LogP contribution in [0.15, 0.2) is 6.20 Å². The molecule has 17 nitrogen and oxygen atoms in total. The Labute approximate surface area is 269 Å². The standard InChI is InChI=1S/C29H47N11O6/c1-4-12-43-16-18-46-19-17-44-13-5-31-27-32-28(34-29(33-27)39-10-14-45-15-11-39)38-8-6-37(7-9-38)26(42)24(21-41)40-20-23(35-36-40)25(30)22(2)3/h1,20,22,24-25,41H,5-19,21,30H2,2-3H3,(H,31,32,33,34)/t24-,25-/m0/s1. The number of ether oxygens (including phenoxy) is 4. The number of anilines is 3. The van der Waals surface area contributed by atoms with E-state index in [2.05, 4.69) is 36.4 Å². The maximum Gasteiger partial charge on any atom is 0.250 e. The van der Waals surface area contributed by atoms with E-state index in [4.69, 9.17) is 36.1 Å². The molecule has 2 saturated heterocycles. The average Bonchev–Trinajstić information content (AvgIpc) is 3.57. The molecule has 4 rings (SSSR count). The van der Waals surface area contributed by atoms with Crippen molar-refractivity contribution in [3.05, 3.63) is 11.9 Å². The van der Waals surface area contributed by atoms with Gasteiger partial charge in [0.15, 0.2) is 6.04 Å². The van der Waals surface area contributed by atoms with Gasteiger partial charge in [-0.1, -0.05) is 25.0 Å². The van der Waals surface area contributed by atoms with Gasteiger partial charge < -0.3 is 49.8 Å². The second-order valence-electron chi connectivity index (χ2n) is 11.2. The highest BCUT2D eigenvalue weighted by Crippen LogP contribution is 2.21. The molecular formula is C29H47N11O6. The van der Waals surface area contributed by atoms with Gasteiger partial charge in [-0.2, -0.15) is 15.0 Å². The molecule has 2 fully saturated rings. The number of carbonyl (C=O) groups excluding carboxylic acids is 1. The molecule has 0 aliphatic carbocycles. The van der Waals surface area contributed by atoms with Crippen LogP contribution >= 0.6 is 0 Å². The molecule has 0 spiro atoms. The normalized spacial score (nSPS) is 16.8. The number of nitrogens with zero attached hydrogens (tertiary/aromatic N) is 9. The maximum absolute atomic E-state index is 13.4. The topological polar surface area (TPSA) is 191 Å². The van der Waals surface area contributed by atoms with Crippen LogP contribution in [0, 0.1) is 18.3 Å². The summed E-state index contributed by atoms with van der Waals surface area (Å²) in [6, 6.07) is -1.19. The van der Waals surface area contributed by atoms with Crippen LogP contribution < -0.4 is 20.9 Å². The minimum Gasteiger partial charge on any atom is -0.394 e. The Morgan fingerprint density at radius 3 is 2.26 bits per heavy atom. The Hall–Kier alpha value is -3.66. The van der Waals surface area contributed by atoms with Gasteiger partial charge in [0.25, 0.3) is 0 Å². The number of morpholine rings is 1. The lowest BCUT2D eigenvalue weighted by Gasteiger charge is -2.36. The number of aliphatic hydroxyl groups excluding tert-OH is 1. The molecular weight excluding hydrogens is 598 g/mol. The van der Waals surface area contributed by atoms with Crippen molar-refractivity contribution in [2.75, 3.05) is 120 Å². The number of hydrogen-bond acceptors (Lipinski definition) is 15. The lowest BCUT2D eigenvalue weighted by Crippen LogP contribution is -2.51. The van der Waals surface area contributed by atoms with E-state index in [-0.39, 0.29) is 24.5 Å². The molecule has 2 atom stereocenters. The van der Waals surface area contributed by atoms with Gasteiger partial charge in [0.05, 0.1) is 70.8 Å². The van der Waals surface area contributed by atoms with E-state index in [1.165, 1.54) is 4.68 Å². The predicted octanol–water partition coefficient (Wildman–Crippen LogP) is -1.07. The maximum atomic E-state index is 13.4. The molecule has 0 unspecified atom stereocenters. The minimum absolute atomic E-state index is 0.159. The third kappa shape index (κ3) is 10.2. The van der Waals surface area contributed by atoms with Crippen LogP contribution in [0.4, 0.5) is 17.8 Å². The average molecular weight is 646 g/mol. The Balaban J connectivity index is 1.31. The lowest BCUT2D eigenvalue weighted by atomic mass is 10.0. The molecule has 2 aliphatic rings. The van der Waals surface area contributed by atoms with E-state index < -0.39 is 12.6 Å². The zero-order valence-electron chi connectivity index (χ0n) is 26.8. The Bertz CT molecular complexity index is 1240. The van der Waals surface area contributed by atoms with Gasteiger partial charge in [-0.05, 0) is 5.92 Å². The minimum atomic E-state index is -0.880. The molecule has 4 N–H and O–H groups in total. The first-order valence-corrected chi connectivity index (χ1v) is 15.7. The van der Waals surface area contributed by atoms with Crippen molar-refractivity contribution in [1.82, 2.24) is 34.8 Å². The quantitative estimate of drug-likeness (QED) is 0.131. The molecule has 0 aromatic carbocycles. The van der Waals surface area contributed by atoms with Gasteiger partial charge in [0.2, 0.25) is 23.8 Å². The van der Waals surface area contributed by atoms with Crippen molar-refractivity contribution in [3.8, 4) is 12.3 Å². The SMILES string of the molecule is C#CCOCCOCCOCCNc1nc(N2CCOCC2)nc(N2CCN(C(=O)[C@H](CO)n3cc([C@@H](N)C(C)C)nn3)CC2)n1. The van der Waals surface area contributed by atoms with Crippen molar-refractivity contribution >= 4 is 23.8 Å². The van der Waals surface area contributed by atoms with E-state index in [0.29, 0.717) is 116 Å². The number of aliphatic hydroxyl groups is 1. The van der Waals surface area contributed by atoms with Crippen LogP contribution in [-0.2, 0) is 23.7 Å². The molecule has 254 valence electrons. The van der Waals surface area contributed by atoms with Gasteiger partial charge in [0, 0.05) is 45.8 Å². The summed E-state index contributed by atoms with van der Waals surface area (Å²) in [5, 5.41) is 21.5. The molecule has 0 saturated carbocycles. The summed E-state index contributed by atoms with van der Waals surface area (Å²) in [6.07, 6.45) is 6.78. The van der Waals surface area contributed by atoms with E-state index in [1.54, 1.807) is 11.1 Å². The number of nitrogens with one attached hydrogen (secondary N) is 1. The highest BCUT2D eigenvalue weighted by atomic mass is 16.5. The van der Waals surface area contributed by atoms with Gasteiger partial charge in [0.1, 0.15) is 6.61 Å². The summed E-state index contributed by atoms with van der Waals surface area (Å²) in [5.41, 5.74) is 6.78. The number of rotatable bonds is 18. The number of nitrogens with two attached hydrogens (primary N) is 1. The summed E-state index contributed by atoms with van der Waals surface area (Å²) >= 11 is 0. The van der Waals surface area contributed by atoms with Crippen LogP contribution in [0.2, 0.25) is 0 Å². The molecule has 17 heteroatoms. The van der Waals surface area contributed by atoms with E-state index >= 15 is 0 Å². The fourth-order valence-electron chi connectivity index (χ4n) is 4.83. The van der Waals surface area contributed by atoms with Crippen molar-refractivity contribution in [1.29, 1.82) is 0 Å². The van der Waals surface area contributed by atoms with E-state index in [1.807, 2.05) is 18.7 Å². The van der Waals surface area contributed by atoms with Gasteiger partial charge in [-0.15, -0.1) is 11.5 Å². The third-order valence-corrected chi connectivity index (χ3v) is 7.60. The summed E-state index contributed by atoms with van der Waals surface area (Å²) < 4.78 is 23.2. The molecule has 2 aromatic heterocycles. The zero-order valence-corrected chi connectivity index (χ0v) is 26.8. The number of amides is 1. The van der Waals surface area contributed by atoms with Crippen molar-refractivity contribution in [3.63, 3.8) is 0 Å². The second kappa shape index (κ2) is 18.5. The van der Waals surface area contributed by atoms with Crippen LogP contribution in [0.3, 0.4) is 0 Å². The predicted molar refractivity (Wildman–Crippen MR) is 169 cm³/mol. The van der Waals surface area contributed by atoms with Crippen molar-refractivity contribution < 1.29 is 28.8 Å². The van der Waals surface area contributed by atoms with Crippen LogP contribution in [0.1, 0.15) is 31.6 Å². The smallest absolute Gasteiger partial charge is 0.250 e. The van der Waals surface area contributed by atoms with E-state index in [9.17, 15) is 9.90 Å². The first kappa shape index (κ1) is 35.2. The highest BCUT2D eigenvalue weighted by Gasteiger charge is 2.31. The second-order valence-corrected chi connectivity index (χ2v) is 11.2. The summed E-state index contributed by atoms with van der Waals surface area (Å²) in [6.45, 7) is 11.0. The molecule has 0 bridgehead atoms. The summed E-state index contributed by atoms with van der Waals surface area (Å²) in [5.74, 6) is 3.87. The number of terminal acetylenes is 1. The largest absolute Gasteiger partial charge is 0.394 e. The van der Waals surface area contributed by atoms with Gasteiger partial charge in [-0.25, -0.2) is 4.68 Å². The summed E-state index contributed by atoms with van der Waals surface area (Å²) in [7, 11) is 0. The molecule has 4 heterocycles. The molecule has 1 amide bonds. The molecule has 2 aromatic rings. The third-order valence-electron chi connectivity index (χ3n) is 7.60.